The lowest BCUT2D eigenvalue weighted by atomic mass is 9.73. The molecule has 2 rings (SSSR count). The highest BCUT2D eigenvalue weighted by Gasteiger charge is 2.53. The van der Waals surface area contributed by atoms with Crippen molar-refractivity contribution in [2.24, 2.45) is 5.41 Å². The van der Waals surface area contributed by atoms with E-state index in [2.05, 4.69) is 4.74 Å². The highest BCUT2D eigenvalue weighted by Crippen LogP contribution is 2.59. The van der Waals surface area contributed by atoms with Crippen LogP contribution in [0.4, 0.5) is 17.6 Å². The van der Waals surface area contributed by atoms with Gasteiger partial charge in [0.15, 0.2) is 11.6 Å². The number of benzene rings is 1. The first-order valence-corrected chi connectivity index (χ1v) is 5.95. The van der Waals surface area contributed by atoms with Crippen LogP contribution in [0, 0.1) is 17.7 Å². The van der Waals surface area contributed by atoms with Crippen LogP contribution in [0.1, 0.15) is 32.8 Å². The molecular formula is C14H15F4O. The first-order valence-electron chi connectivity index (χ1n) is 5.95. The van der Waals surface area contributed by atoms with Crippen LogP contribution in [-0.2, 0) is 5.41 Å². The first kappa shape index (κ1) is 14.2. The van der Waals surface area contributed by atoms with E-state index in [-0.39, 0.29) is 10.8 Å². The van der Waals surface area contributed by atoms with E-state index in [0.717, 1.165) is 18.6 Å². The number of halogens is 4. The zero-order valence-corrected chi connectivity index (χ0v) is 10.9. The smallest absolute Gasteiger partial charge is 0.403 e. The quantitative estimate of drug-likeness (QED) is 0.716. The van der Waals surface area contributed by atoms with Gasteiger partial charge in [-0.05, 0) is 36.0 Å². The molecular weight excluding hydrogens is 260 g/mol. The van der Waals surface area contributed by atoms with Gasteiger partial charge in [-0.2, -0.15) is 0 Å². The summed E-state index contributed by atoms with van der Waals surface area (Å²) >= 11 is 0. The Balaban J connectivity index is 2.37. The van der Waals surface area contributed by atoms with Crippen LogP contribution in [0.5, 0.6) is 5.75 Å². The topological polar surface area (TPSA) is 9.23 Å². The Kier molecular flexibility index (Phi) is 3.07. The lowest BCUT2D eigenvalue weighted by molar-refractivity contribution is -0.275. The molecule has 1 atom stereocenters. The van der Waals surface area contributed by atoms with Crippen molar-refractivity contribution < 1.29 is 22.3 Å². The number of rotatable bonds is 2. The van der Waals surface area contributed by atoms with Crippen LogP contribution in [-0.4, -0.2) is 6.36 Å². The molecule has 0 aromatic heterocycles. The molecule has 1 fully saturated rings. The normalized spacial score (nSPS) is 18.3. The van der Waals surface area contributed by atoms with Gasteiger partial charge in [0.1, 0.15) is 0 Å². The van der Waals surface area contributed by atoms with Crippen LogP contribution < -0.4 is 4.74 Å². The van der Waals surface area contributed by atoms with Crippen LogP contribution in [0.2, 0.25) is 0 Å². The van der Waals surface area contributed by atoms with Gasteiger partial charge in [0.05, 0.1) is 0 Å². The number of hydrogen-bond acceptors (Lipinski definition) is 1. The average Bonchev–Trinajstić information content (AvgIpc) is 2.99. The number of alkyl halides is 3. The van der Waals surface area contributed by atoms with Crippen molar-refractivity contribution in [1.29, 1.82) is 0 Å². The van der Waals surface area contributed by atoms with Gasteiger partial charge in [-0.3, -0.25) is 0 Å². The van der Waals surface area contributed by atoms with Crippen molar-refractivity contribution in [1.82, 2.24) is 0 Å². The summed E-state index contributed by atoms with van der Waals surface area (Å²) < 4.78 is 53.7. The van der Waals surface area contributed by atoms with Crippen LogP contribution in [0.15, 0.2) is 18.2 Å². The van der Waals surface area contributed by atoms with Gasteiger partial charge in [-0.25, -0.2) is 4.39 Å². The van der Waals surface area contributed by atoms with Gasteiger partial charge in [0.25, 0.3) is 0 Å². The molecule has 5 heteroatoms. The molecule has 0 saturated heterocycles. The molecule has 0 aliphatic heterocycles. The van der Waals surface area contributed by atoms with Gasteiger partial charge in [0, 0.05) is 5.41 Å². The van der Waals surface area contributed by atoms with E-state index in [1.807, 2.05) is 27.2 Å². The molecule has 0 spiro atoms. The minimum Gasteiger partial charge on any atom is -0.403 e. The summed E-state index contributed by atoms with van der Waals surface area (Å²) in [4.78, 5) is 0. The molecule has 1 aliphatic rings. The van der Waals surface area contributed by atoms with E-state index < -0.39 is 17.9 Å². The van der Waals surface area contributed by atoms with E-state index in [0.29, 0.717) is 5.56 Å². The van der Waals surface area contributed by atoms with Crippen molar-refractivity contribution >= 4 is 0 Å². The summed E-state index contributed by atoms with van der Waals surface area (Å²) in [6.07, 6.45) is -2.09. The van der Waals surface area contributed by atoms with E-state index in [9.17, 15) is 17.6 Å². The second-order valence-corrected chi connectivity index (χ2v) is 5.82. The Morgan fingerprint density at radius 3 is 2.16 bits per heavy atom. The number of ether oxygens (including phenoxy) is 1. The molecule has 1 radical (unpaired) electrons. The maximum Gasteiger partial charge on any atom is 0.573 e. The Morgan fingerprint density at radius 1 is 1.16 bits per heavy atom. The highest BCUT2D eigenvalue weighted by atomic mass is 19.4. The predicted molar refractivity (Wildman–Crippen MR) is 63.1 cm³/mol. The van der Waals surface area contributed by atoms with Crippen LogP contribution >= 0.6 is 0 Å². The second-order valence-electron chi connectivity index (χ2n) is 5.82. The molecule has 1 saturated carbocycles. The minimum atomic E-state index is -4.89. The third-order valence-corrected chi connectivity index (χ3v) is 3.62. The largest absolute Gasteiger partial charge is 0.573 e. The van der Waals surface area contributed by atoms with Crippen molar-refractivity contribution in [3.8, 4) is 5.75 Å². The third kappa shape index (κ3) is 2.69. The van der Waals surface area contributed by atoms with Crippen molar-refractivity contribution in [2.75, 3.05) is 0 Å². The van der Waals surface area contributed by atoms with Gasteiger partial charge in [0.2, 0.25) is 0 Å². The summed E-state index contributed by atoms with van der Waals surface area (Å²) in [5.74, 6) is -1.78. The molecule has 1 aliphatic carbocycles. The maximum absolute atomic E-state index is 13.4. The van der Waals surface area contributed by atoms with Gasteiger partial charge >= 0.3 is 6.36 Å². The molecule has 0 bridgehead atoms. The van der Waals surface area contributed by atoms with Crippen molar-refractivity contribution in [2.45, 2.75) is 39.0 Å². The highest BCUT2D eigenvalue weighted by molar-refractivity contribution is 5.45. The van der Waals surface area contributed by atoms with E-state index in [1.54, 1.807) is 0 Å². The molecule has 1 aromatic rings. The predicted octanol–water partition coefficient (Wildman–Crippen LogP) is 4.62. The zero-order chi connectivity index (χ0) is 14.5. The van der Waals surface area contributed by atoms with Crippen LogP contribution in [0.3, 0.4) is 0 Å². The maximum atomic E-state index is 13.4. The molecule has 0 amide bonds. The molecule has 0 heterocycles. The lowest BCUT2D eigenvalue weighted by Gasteiger charge is -2.31. The fourth-order valence-electron chi connectivity index (χ4n) is 2.37. The third-order valence-electron chi connectivity index (χ3n) is 3.62. The first-order chi connectivity index (χ1) is 8.55. The molecule has 1 nitrogen and oxygen atoms in total. The second kappa shape index (κ2) is 4.12. The Bertz CT molecular complexity index is 481. The molecule has 19 heavy (non-hydrogen) atoms. The van der Waals surface area contributed by atoms with E-state index in [1.165, 1.54) is 6.07 Å². The fraction of sp³-hybridized carbons (Fsp3) is 0.500. The van der Waals surface area contributed by atoms with Crippen LogP contribution in [0.25, 0.3) is 0 Å². The Hall–Kier alpha value is -1.26. The average molecular weight is 275 g/mol. The summed E-state index contributed by atoms with van der Waals surface area (Å²) in [5.41, 5.74) is 0.214. The monoisotopic (exact) mass is 275 g/mol. The summed E-state index contributed by atoms with van der Waals surface area (Å²) in [5, 5.41) is 0. The zero-order valence-electron chi connectivity index (χ0n) is 10.9. The van der Waals surface area contributed by atoms with Crippen molar-refractivity contribution in [3.05, 3.63) is 36.0 Å². The Labute approximate surface area is 109 Å². The summed E-state index contributed by atoms with van der Waals surface area (Å²) in [7, 11) is 0. The van der Waals surface area contributed by atoms with Gasteiger partial charge in [-0.1, -0.05) is 26.8 Å². The van der Waals surface area contributed by atoms with E-state index in [4.69, 9.17) is 0 Å². The summed E-state index contributed by atoms with van der Waals surface area (Å²) in [6.45, 7) is 6.01. The molecule has 0 unspecified atom stereocenters. The Morgan fingerprint density at radius 2 is 1.74 bits per heavy atom. The SMILES string of the molecule is CC(C)(C)[C@]1(c2ccc(F)c(OC(F)(F)F)c2)[CH]C1. The van der Waals surface area contributed by atoms with E-state index >= 15 is 0 Å². The number of hydrogen-bond donors (Lipinski definition) is 0. The summed E-state index contributed by atoms with van der Waals surface area (Å²) in [6, 6.07) is 3.70. The lowest BCUT2D eigenvalue weighted by Crippen LogP contribution is -2.26. The fourth-order valence-corrected chi connectivity index (χ4v) is 2.37. The minimum absolute atomic E-state index is 0.139. The molecule has 105 valence electrons. The molecule has 0 N–H and O–H groups in total. The molecule has 1 aromatic carbocycles. The van der Waals surface area contributed by atoms with Gasteiger partial charge < -0.3 is 4.74 Å². The van der Waals surface area contributed by atoms with Crippen molar-refractivity contribution in [3.63, 3.8) is 0 Å². The standard InChI is InChI=1S/C14H15F4O/c1-12(2,3)13(6-7-13)9-4-5-10(15)11(8-9)19-14(16,17)18/h4-6,8H,7H2,1-3H3/t13-/m1/s1. The van der Waals surface area contributed by atoms with Gasteiger partial charge in [-0.15, -0.1) is 13.2 Å².